The van der Waals surface area contributed by atoms with Crippen molar-refractivity contribution < 1.29 is 8.42 Å². The smallest absolute Gasteiger partial charge is 0.243 e. The minimum absolute atomic E-state index is 0.00223. The molecule has 0 aliphatic carbocycles. The molecule has 29 heavy (non-hydrogen) atoms. The molecule has 0 saturated heterocycles. The van der Waals surface area contributed by atoms with E-state index in [0.717, 1.165) is 16.8 Å². The average molecular weight is 409 g/mol. The van der Waals surface area contributed by atoms with Gasteiger partial charge in [0.05, 0.1) is 4.90 Å². The van der Waals surface area contributed by atoms with Crippen LogP contribution in [0.5, 0.6) is 0 Å². The number of benzene rings is 2. The van der Waals surface area contributed by atoms with Crippen LogP contribution in [0.1, 0.15) is 44.0 Å². The Morgan fingerprint density at radius 1 is 1.00 bits per heavy atom. The van der Waals surface area contributed by atoms with Crippen LogP contribution in [0, 0.1) is 6.92 Å². The van der Waals surface area contributed by atoms with Gasteiger partial charge in [-0.15, -0.1) is 0 Å². The van der Waals surface area contributed by atoms with Crippen molar-refractivity contribution >= 4 is 26.5 Å². The van der Waals surface area contributed by atoms with E-state index in [9.17, 15) is 8.42 Å². The maximum atomic E-state index is 13.1. The molecule has 0 atom stereocenters. The largest absolute Gasteiger partial charge is 0.358 e. The molecular weight excluding hydrogens is 380 g/mol. The van der Waals surface area contributed by atoms with Crippen molar-refractivity contribution in [2.24, 2.45) is 0 Å². The Morgan fingerprint density at radius 2 is 1.69 bits per heavy atom. The van der Waals surface area contributed by atoms with Crippen LogP contribution in [0.3, 0.4) is 0 Å². The molecule has 0 amide bonds. The first-order valence-corrected chi connectivity index (χ1v) is 11.5. The highest BCUT2D eigenvalue weighted by Crippen LogP contribution is 2.33. The molecule has 5 heteroatoms. The van der Waals surface area contributed by atoms with E-state index in [1.165, 1.54) is 16.5 Å². The summed E-state index contributed by atoms with van der Waals surface area (Å²) in [7, 11) is -3.49. The number of fused-ring (bicyclic) bond motifs is 1. The third-order valence-corrected chi connectivity index (χ3v) is 7.62. The van der Waals surface area contributed by atoms with Gasteiger partial charge in [0.25, 0.3) is 0 Å². The van der Waals surface area contributed by atoms with E-state index in [1.54, 1.807) is 16.4 Å². The third-order valence-electron chi connectivity index (χ3n) is 5.74. The van der Waals surface area contributed by atoms with Gasteiger partial charge >= 0.3 is 0 Å². The molecule has 4 nitrogen and oxygen atoms in total. The van der Waals surface area contributed by atoms with Crippen LogP contribution in [0.25, 0.3) is 16.5 Å². The Balaban J connectivity index is 1.59. The molecule has 1 N–H and O–H groups in total. The standard InChI is InChI=1S/C24H28N2O2S/c1-17-23(21-7-5-6-8-22(21)25-17)18-13-15-26(16-14-18)29(27,28)20-11-9-19(10-12-20)24(2,3)4/h5-13,25H,14-16H2,1-4H3. The van der Waals surface area contributed by atoms with Gasteiger partial charge in [-0.1, -0.05) is 57.2 Å². The van der Waals surface area contributed by atoms with E-state index in [0.29, 0.717) is 24.4 Å². The Labute approximate surface area is 173 Å². The number of hydrogen-bond acceptors (Lipinski definition) is 2. The van der Waals surface area contributed by atoms with Gasteiger partial charge < -0.3 is 4.98 Å². The van der Waals surface area contributed by atoms with Crippen molar-refractivity contribution in [3.63, 3.8) is 0 Å². The fourth-order valence-corrected chi connectivity index (χ4v) is 5.44. The van der Waals surface area contributed by atoms with Crippen molar-refractivity contribution in [3.05, 3.63) is 71.4 Å². The first-order chi connectivity index (χ1) is 13.7. The molecule has 1 aromatic heterocycles. The van der Waals surface area contributed by atoms with Crippen molar-refractivity contribution in [3.8, 4) is 0 Å². The van der Waals surface area contributed by atoms with E-state index < -0.39 is 10.0 Å². The molecular formula is C24H28N2O2S. The van der Waals surface area contributed by atoms with Crippen LogP contribution in [0.2, 0.25) is 0 Å². The Kier molecular flexibility index (Phi) is 4.91. The zero-order valence-corrected chi connectivity index (χ0v) is 18.3. The topological polar surface area (TPSA) is 53.2 Å². The average Bonchev–Trinajstić information content (AvgIpc) is 3.03. The number of aromatic nitrogens is 1. The zero-order chi connectivity index (χ0) is 20.8. The van der Waals surface area contributed by atoms with Gasteiger partial charge in [-0.05, 0) is 48.1 Å². The lowest BCUT2D eigenvalue weighted by molar-refractivity contribution is 0.441. The number of rotatable bonds is 3. The summed E-state index contributed by atoms with van der Waals surface area (Å²) < 4.78 is 27.8. The highest BCUT2D eigenvalue weighted by atomic mass is 32.2. The predicted octanol–water partition coefficient (Wildman–Crippen LogP) is 5.25. The molecule has 0 unspecified atom stereocenters. The van der Waals surface area contributed by atoms with E-state index in [-0.39, 0.29) is 5.41 Å². The third kappa shape index (κ3) is 3.65. The molecule has 152 valence electrons. The van der Waals surface area contributed by atoms with Crippen LogP contribution < -0.4 is 0 Å². The summed E-state index contributed by atoms with van der Waals surface area (Å²) in [6, 6.07) is 15.6. The van der Waals surface area contributed by atoms with Gasteiger partial charge in [-0.3, -0.25) is 0 Å². The van der Waals surface area contributed by atoms with E-state index in [1.807, 2.05) is 24.3 Å². The van der Waals surface area contributed by atoms with Gasteiger partial charge in [0.15, 0.2) is 0 Å². The maximum absolute atomic E-state index is 13.1. The molecule has 1 aliphatic heterocycles. The first kappa shape index (κ1) is 19.9. The van der Waals surface area contributed by atoms with Crippen LogP contribution >= 0.6 is 0 Å². The number of nitrogens with zero attached hydrogens (tertiary/aromatic N) is 1. The molecule has 4 rings (SSSR count). The number of hydrogen-bond donors (Lipinski definition) is 1. The zero-order valence-electron chi connectivity index (χ0n) is 17.5. The fraction of sp³-hybridized carbons (Fsp3) is 0.333. The summed E-state index contributed by atoms with van der Waals surface area (Å²) in [5.41, 5.74) is 5.82. The van der Waals surface area contributed by atoms with Gasteiger partial charge in [0.2, 0.25) is 10.0 Å². The molecule has 3 aromatic rings. The normalized spacial score (nSPS) is 16.2. The fourth-order valence-electron chi connectivity index (χ4n) is 4.06. The number of aryl methyl sites for hydroxylation is 1. The molecule has 2 aromatic carbocycles. The number of nitrogens with one attached hydrogen (secondary N) is 1. The van der Waals surface area contributed by atoms with Gasteiger partial charge in [0.1, 0.15) is 0 Å². The quantitative estimate of drug-likeness (QED) is 0.643. The second kappa shape index (κ2) is 7.15. The number of aromatic amines is 1. The van der Waals surface area contributed by atoms with Gasteiger partial charge in [0, 0.05) is 35.2 Å². The summed E-state index contributed by atoms with van der Waals surface area (Å²) in [5.74, 6) is 0. The Bertz CT molecular complexity index is 1180. The second-order valence-corrected chi connectivity index (χ2v) is 10.7. The summed E-state index contributed by atoms with van der Waals surface area (Å²) in [5, 5.41) is 1.20. The lowest BCUT2D eigenvalue weighted by atomic mass is 9.87. The minimum atomic E-state index is -3.49. The van der Waals surface area contributed by atoms with Crippen molar-refractivity contribution in [2.75, 3.05) is 13.1 Å². The SMILES string of the molecule is Cc1[nH]c2ccccc2c1C1=CCN(S(=O)(=O)c2ccc(C(C)(C)C)cc2)CC1. The monoisotopic (exact) mass is 408 g/mol. The molecule has 1 aliphatic rings. The molecule has 2 heterocycles. The van der Waals surface area contributed by atoms with Gasteiger partial charge in [-0.25, -0.2) is 8.42 Å². The summed E-state index contributed by atoms with van der Waals surface area (Å²) in [6.45, 7) is 9.35. The Hall–Kier alpha value is -2.37. The highest BCUT2D eigenvalue weighted by molar-refractivity contribution is 7.89. The predicted molar refractivity (Wildman–Crippen MR) is 120 cm³/mol. The molecule has 0 fully saturated rings. The van der Waals surface area contributed by atoms with E-state index >= 15 is 0 Å². The summed E-state index contributed by atoms with van der Waals surface area (Å²) in [4.78, 5) is 3.80. The van der Waals surface area contributed by atoms with Gasteiger partial charge in [-0.2, -0.15) is 4.31 Å². The molecule has 0 radical (unpaired) electrons. The summed E-state index contributed by atoms with van der Waals surface area (Å²) >= 11 is 0. The molecule has 0 saturated carbocycles. The Morgan fingerprint density at radius 3 is 2.31 bits per heavy atom. The number of H-pyrrole nitrogens is 1. The van der Waals surface area contributed by atoms with Crippen LogP contribution in [0.15, 0.2) is 59.5 Å². The number of para-hydroxylation sites is 1. The first-order valence-electron chi connectivity index (χ1n) is 10.1. The highest BCUT2D eigenvalue weighted by Gasteiger charge is 2.28. The van der Waals surface area contributed by atoms with Crippen molar-refractivity contribution in [2.45, 2.75) is 44.4 Å². The van der Waals surface area contributed by atoms with Crippen molar-refractivity contribution in [1.82, 2.24) is 9.29 Å². The van der Waals surface area contributed by atoms with Crippen LogP contribution in [-0.2, 0) is 15.4 Å². The van der Waals surface area contributed by atoms with Crippen LogP contribution in [0.4, 0.5) is 0 Å². The van der Waals surface area contributed by atoms with Crippen molar-refractivity contribution in [1.29, 1.82) is 0 Å². The minimum Gasteiger partial charge on any atom is -0.358 e. The molecule has 0 spiro atoms. The lowest BCUT2D eigenvalue weighted by Gasteiger charge is -2.26. The molecule has 0 bridgehead atoms. The van der Waals surface area contributed by atoms with E-state index in [2.05, 4.69) is 50.9 Å². The summed E-state index contributed by atoms with van der Waals surface area (Å²) in [6.07, 6.45) is 2.77. The van der Waals surface area contributed by atoms with E-state index in [4.69, 9.17) is 0 Å². The maximum Gasteiger partial charge on any atom is 0.243 e. The van der Waals surface area contributed by atoms with Crippen LogP contribution in [-0.4, -0.2) is 30.8 Å². The second-order valence-electron chi connectivity index (χ2n) is 8.79. The lowest BCUT2D eigenvalue weighted by Crippen LogP contribution is -2.34. The number of sulfonamides is 1.